The standard InChI is InChI=1S/C6H10N2S2/c1-4(2)5-3-6(9)7-8(5)10/h3-4,10H,1-2H3,(H,7,9). The molecule has 0 fully saturated rings. The molecule has 2 nitrogen and oxygen atoms in total. The molecular weight excluding hydrogens is 164 g/mol. The molecule has 0 aromatic carbocycles. The fourth-order valence-electron chi connectivity index (χ4n) is 0.808. The highest BCUT2D eigenvalue weighted by Gasteiger charge is 2.02. The van der Waals surface area contributed by atoms with E-state index in [1.54, 1.807) is 4.09 Å². The van der Waals surface area contributed by atoms with Gasteiger partial charge in [0.15, 0.2) is 0 Å². The Labute approximate surface area is 70.8 Å². The van der Waals surface area contributed by atoms with Gasteiger partial charge in [-0.05, 0) is 24.8 Å². The van der Waals surface area contributed by atoms with Crippen LogP contribution in [0.3, 0.4) is 0 Å². The smallest absolute Gasteiger partial charge is 0.120 e. The number of hydrogen-bond acceptors (Lipinski definition) is 2. The highest BCUT2D eigenvalue weighted by molar-refractivity contribution is 7.78. The molecule has 0 saturated carbocycles. The first-order chi connectivity index (χ1) is 4.61. The quantitative estimate of drug-likeness (QED) is 0.495. The van der Waals surface area contributed by atoms with Gasteiger partial charge in [0.25, 0.3) is 0 Å². The van der Waals surface area contributed by atoms with Gasteiger partial charge in [-0.25, -0.2) is 4.09 Å². The van der Waals surface area contributed by atoms with Crippen molar-refractivity contribution in [3.05, 3.63) is 16.4 Å². The number of hydrogen-bond donors (Lipinski definition) is 2. The molecule has 0 spiro atoms. The molecule has 0 bridgehead atoms. The third kappa shape index (κ3) is 1.44. The molecule has 0 atom stereocenters. The Hall–Kier alpha value is -0.220. The number of aromatic nitrogens is 2. The fourth-order valence-corrected chi connectivity index (χ4v) is 1.48. The molecule has 0 aliphatic rings. The Bertz CT molecular complexity index is 272. The molecule has 0 saturated heterocycles. The number of nitrogens with one attached hydrogen (secondary N) is 1. The molecule has 0 aliphatic carbocycles. The van der Waals surface area contributed by atoms with Crippen LogP contribution in [0.2, 0.25) is 0 Å². The average molecular weight is 174 g/mol. The summed E-state index contributed by atoms with van der Waals surface area (Å²) < 4.78 is 2.39. The van der Waals surface area contributed by atoms with Gasteiger partial charge in [-0.3, -0.25) is 5.10 Å². The summed E-state index contributed by atoms with van der Waals surface area (Å²) >= 11 is 9.07. The lowest BCUT2D eigenvalue weighted by Crippen LogP contribution is -1.93. The fraction of sp³-hybridized carbons (Fsp3) is 0.500. The number of rotatable bonds is 1. The molecule has 1 aromatic rings. The van der Waals surface area contributed by atoms with E-state index in [1.165, 1.54) is 0 Å². The van der Waals surface area contributed by atoms with Crippen molar-refractivity contribution in [2.75, 3.05) is 0 Å². The monoisotopic (exact) mass is 174 g/mol. The largest absolute Gasteiger partial charge is 0.278 e. The lowest BCUT2D eigenvalue weighted by Gasteiger charge is -2.02. The van der Waals surface area contributed by atoms with Gasteiger partial charge in [0, 0.05) is 0 Å². The lowest BCUT2D eigenvalue weighted by molar-refractivity contribution is 0.788. The highest BCUT2D eigenvalue weighted by Crippen LogP contribution is 2.14. The van der Waals surface area contributed by atoms with Crippen LogP contribution in [0.15, 0.2) is 6.07 Å². The maximum atomic E-state index is 4.91. The van der Waals surface area contributed by atoms with Crippen molar-refractivity contribution in [1.29, 1.82) is 0 Å². The molecule has 0 unspecified atom stereocenters. The second-order valence-corrected chi connectivity index (χ2v) is 3.35. The Morgan fingerprint density at radius 1 is 1.70 bits per heavy atom. The van der Waals surface area contributed by atoms with Gasteiger partial charge in [-0.1, -0.05) is 26.1 Å². The normalized spacial score (nSPS) is 10.8. The van der Waals surface area contributed by atoms with Crippen LogP contribution >= 0.6 is 25.0 Å². The van der Waals surface area contributed by atoms with Crippen molar-refractivity contribution >= 4 is 25.0 Å². The summed E-state index contributed by atoms with van der Waals surface area (Å²) in [5, 5.41) is 2.88. The molecular formula is C6H10N2S2. The Morgan fingerprint density at radius 3 is 2.50 bits per heavy atom. The Morgan fingerprint density at radius 2 is 2.30 bits per heavy atom. The van der Waals surface area contributed by atoms with Crippen LogP contribution in [0.1, 0.15) is 25.5 Å². The maximum absolute atomic E-state index is 4.91. The first kappa shape index (κ1) is 7.88. The summed E-state index contributed by atoms with van der Waals surface area (Å²) in [6.07, 6.45) is 0. The minimum atomic E-state index is 0.463. The van der Waals surface area contributed by atoms with E-state index in [0.717, 1.165) is 10.3 Å². The van der Waals surface area contributed by atoms with Crippen molar-refractivity contribution in [2.45, 2.75) is 19.8 Å². The van der Waals surface area contributed by atoms with Gasteiger partial charge in [0.2, 0.25) is 0 Å². The highest BCUT2D eigenvalue weighted by atomic mass is 32.1. The zero-order valence-electron chi connectivity index (χ0n) is 5.96. The maximum Gasteiger partial charge on any atom is 0.120 e. The first-order valence-corrected chi connectivity index (χ1v) is 3.93. The first-order valence-electron chi connectivity index (χ1n) is 3.12. The predicted octanol–water partition coefficient (Wildman–Crippen LogP) is 2.36. The van der Waals surface area contributed by atoms with E-state index in [1.807, 2.05) is 6.07 Å². The molecule has 1 N–H and O–H groups in total. The molecule has 10 heavy (non-hydrogen) atoms. The third-order valence-electron chi connectivity index (χ3n) is 1.33. The zero-order valence-corrected chi connectivity index (χ0v) is 7.67. The van der Waals surface area contributed by atoms with Gasteiger partial charge in [0.1, 0.15) is 4.64 Å². The number of aromatic amines is 1. The second-order valence-electron chi connectivity index (χ2n) is 2.51. The zero-order chi connectivity index (χ0) is 7.72. The summed E-state index contributed by atoms with van der Waals surface area (Å²) in [6.45, 7) is 4.20. The minimum Gasteiger partial charge on any atom is -0.278 e. The third-order valence-corrected chi connectivity index (χ3v) is 1.87. The van der Waals surface area contributed by atoms with E-state index < -0.39 is 0 Å². The minimum absolute atomic E-state index is 0.463. The van der Waals surface area contributed by atoms with Crippen molar-refractivity contribution in [2.24, 2.45) is 0 Å². The summed E-state index contributed by atoms with van der Waals surface area (Å²) in [4.78, 5) is 0. The van der Waals surface area contributed by atoms with Crippen LogP contribution in [0.25, 0.3) is 0 Å². The van der Waals surface area contributed by atoms with Gasteiger partial charge in [-0.2, -0.15) is 0 Å². The molecule has 1 aromatic heterocycles. The average Bonchev–Trinajstić information content (AvgIpc) is 2.10. The number of H-pyrrole nitrogens is 1. The molecule has 4 heteroatoms. The molecule has 1 rings (SSSR count). The second kappa shape index (κ2) is 2.80. The predicted molar refractivity (Wildman–Crippen MR) is 48.1 cm³/mol. The summed E-state index contributed by atoms with van der Waals surface area (Å²) in [7, 11) is 0. The topological polar surface area (TPSA) is 20.7 Å². The van der Waals surface area contributed by atoms with Crippen molar-refractivity contribution in [3.8, 4) is 0 Å². The van der Waals surface area contributed by atoms with E-state index in [0.29, 0.717) is 5.92 Å². The van der Waals surface area contributed by atoms with Crippen molar-refractivity contribution in [3.63, 3.8) is 0 Å². The van der Waals surface area contributed by atoms with Crippen LogP contribution in [0.5, 0.6) is 0 Å². The molecule has 0 radical (unpaired) electrons. The molecule has 56 valence electrons. The van der Waals surface area contributed by atoms with Crippen LogP contribution < -0.4 is 0 Å². The van der Waals surface area contributed by atoms with E-state index in [9.17, 15) is 0 Å². The van der Waals surface area contributed by atoms with Crippen molar-refractivity contribution < 1.29 is 0 Å². The SMILES string of the molecule is CC(C)c1cc(=S)[nH]n1S. The van der Waals surface area contributed by atoms with Crippen molar-refractivity contribution in [1.82, 2.24) is 9.19 Å². The van der Waals surface area contributed by atoms with E-state index in [4.69, 9.17) is 12.2 Å². The van der Waals surface area contributed by atoms with E-state index >= 15 is 0 Å². The molecule has 0 aliphatic heterocycles. The van der Waals surface area contributed by atoms with Gasteiger partial charge in [-0.15, -0.1) is 0 Å². The van der Waals surface area contributed by atoms with Gasteiger partial charge >= 0.3 is 0 Å². The van der Waals surface area contributed by atoms with Gasteiger partial charge in [0.05, 0.1) is 5.69 Å². The van der Waals surface area contributed by atoms with Crippen LogP contribution in [0, 0.1) is 4.64 Å². The lowest BCUT2D eigenvalue weighted by atomic mass is 10.1. The Kier molecular flexibility index (Phi) is 2.21. The van der Waals surface area contributed by atoms with Gasteiger partial charge < -0.3 is 0 Å². The molecule has 0 amide bonds. The summed E-state index contributed by atoms with van der Waals surface area (Å²) in [5.74, 6) is 0.463. The van der Waals surface area contributed by atoms with Crippen LogP contribution in [0.4, 0.5) is 0 Å². The van der Waals surface area contributed by atoms with Crippen LogP contribution in [-0.2, 0) is 0 Å². The number of nitrogens with zero attached hydrogens (tertiary/aromatic N) is 1. The molecule has 1 heterocycles. The van der Waals surface area contributed by atoms with Crippen LogP contribution in [-0.4, -0.2) is 9.19 Å². The Balaban J connectivity index is 3.15. The number of thiol groups is 1. The van der Waals surface area contributed by atoms with E-state index in [-0.39, 0.29) is 0 Å². The van der Waals surface area contributed by atoms with E-state index in [2.05, 4.69) is 31.8 Å². The summed E-state index contributed by atoms with van der Waals surface area (Å²) in [6, 6.07) is 1.92. The summed E-state index contributed by atoms with van der Waals surface area (Å²) in [5.41, 5.74) is 1.12.